The van der Waals surface area contributed by atoms with E-state index in [4.69, 9.17) is 0 Å². The maximum Gasteiger partial charge on any atom is 0.249 e. The molecule has 0 fully saturated rings. The number of carbonyl (C=O) groups excluding carboxylic acids is 1. The van der Waals surface area contributed by atoms with Crippen LogP contribution in [0.3, 0.4) is 0 Å². The second-order valence-corrected chi connectivity index (χ2v) is 18.4. The molecule has 0 saturated carbocycles. The van der Waals surface area contributed by atoms with Gasteiger partial charge in [-0.25, -0.2) is 0 Å². The first-order chi connectivity index (χ1) is 29.1. The fourth-order valence-corrected chi connectivity index (χ4v) is 8.38. The number of aliphatic hydroxyl groups excluding tert-OH is 3. The highest BCUT2D eigenvalue weighted by atomic mass is 16.3. The van der Waals surface area contributed by atoms with Crippen molar-refractivity contribution < 1.29 is 20.1 Å². The lowest BCUT2D eigenvalue weighted by atomic mass is 10.0. The minimum Gasteiger partial charge on any atom is -0.394 e. The highest BCUT2D eigenvalue weighted by Crippen LogP contribution is 2.17. The largest absolute Gasteiger partial charge is 0.394 e. The minimum atomic E-state index is -1.10. The Morgan fingerprint density at radius 2 is 0.695 bits per heavy atom. The molecule has 59 heavy (non-hydrogen) atoms. The topological polar surface area (TPSA) is 89.8 Å². The van der Waals surface area contributed by atoms with Crippen LogP contribution in [0.1, 0.15) is 290 Å². The molecule has 1 amide bonds. The average Bonchev–Trinajstić information content (AvgIpc) is 3.24. The second kappa shape index (κ2) is 49.5. The van der Waals surface area contributed by atoms with Gasteiger partial charge in [-0.05, 0) is 32.1 Å². The molecular formula is C54H105NO4. The Labute approximate surface area is 369 Å². The average molecular weight is 832 g/mol. The van der Waals surface area contributed by atoms with Gasteiger partial charge in [0.05, 0.1) is 18.8 Å². The van der Waals surface area contributed by atoms with Crippen LogP contribution in [0.2, 0.25) is 0 Å². The van der Waals surface area contributed by atoms with Gasteiger partial charge in [0.1, 0.15) is 6.10 Å². The number of unbranched alkanes of at least 4 members (excludes halogenated alkanes) is 39. The number of hydrogen-bond donors (Lipinski definition) is 4. The molecule has 0 aliphatic carbocycles. The maximum atomic E-state index is 12.5. The first-order valence-electron chi connectivity index (χ1n) is 26.7. The zero-order valence-corrected chi connectivity index (χ0v) is 39.9. The summed E-state index contributed by atoms with van der Waals surface area (Å²) in [4.78, 5) is 12.5. The van der Waals surface area contributed by atoms with Crippen LogP contribution in [0.4, 0.5) is 0 Å². The van der Waals surface area contributed by atoms with Gasteiger partial charge in [-0.15, -0.1) is 0 Å². The van der Waals surface area contributed by atoms with E-state index in [1.165, 1.54) is 231 Å². The molecule has 3 unspecified atom stereocenters. The molecule has 0 radical (unpaired) electrons. The molecule has 0 rings (SSSR count). The van der Waals surface area contributed by atoms with E-state index in [-0.39, 0.29) is 6.61 Å². The normalized spacial score (nSPS) is 13.5. The number of amides is 1. The van der Waals surface area contributed by atoms with E-state index >= 15 is 0 Å². The SMILES string of the molecule is CCCCCCCCCCCCCCCCCCCC/C=C/CC/C=C/C(O)C(CO)NC(=O)C(O)CCCCCCCCCCCCCCCCCCCCCCC. The fraction of sp³-hybridized carbons (Fsp3) is 0.907. The monoisotopic (exact) mass is 832 g/mol. The van der Waals surface area contributed by atoms with Crippen LogP contribution in [0.5, 0.6) is 0 Å². The number of nitrogens with one attached hydrogen (secondary N) is 1. The van der Waals surface area contributed by atoms with Crippen LogP contribution in [0.15, 0.2) is 24.3 Å². The molecule has 3 atom stereocenters. The van der Waals surface area contributed by atoms with Gasteiger partial charge in [0.2, 0.25) is 5.91 Å². The van der Waals surface area contributed by atoms with Crippen LogP contribution < -0.4 is 5.32 Å². The van der Waals surface area contributed by atoms with Crippen molar-refractivity contribution in [2.24, 2.45) is 0 Å². The number of rotatable bonds is 49. The van der Waals surface area contributed by atoms with Crippen LogP contribution in [0.25, 0.3) is 0 Å². The van der Waals surface area contributed by atoms with Crippen LogP contribution >= 0.6 is 0 Å². The Bertz CT molecular complexity index is 874. The first-order valence-corrected chi connectivity index (χ1v) is 26.7. The Balaban J connectivity index is 3.61. The van der Waals surface area contributed by atoms with Crippen molar-refractivity contribution in [3.63, 3.8) is 0 Å². The smallest absolute Gasteiger partial charge is 0.249 e. The summed E-state index contributed by atoms with van der Waals surface area (Å²) >= 11 is 0. The predicted molar refractivity (Wildman–Crippen MR) is 259 cm³/mol. The predicted octanol–water partition coefficient (Wildman–Crippen LogP) is 16.1. The highest BCUT2D eigenvalue weighted by molar-refractivity contribution is 5.80. The van der Waals surface area contributed by atoms with Crippen molar-refractivity contribution in [2.75, 3.05) is 6.61 Å². The lowest BCUT2D eigenvalue weighted by Gasteiger charge is -2.21. The molecule has 0 spiro atoms. The molecule has 0 bridgehead atoms. The minimum absolute atomic E-state index is 0.372. The van der Waals surface area contributed by atoms with E-state index in [1.807, 2.05) is 6.08 Å². The van der Waals surface area contributed by atoms with Crippen molar-refractivity contribution in [3.05, 3.63) is 24.3 Å². The standard InChI is InChI=1S/C54H105NO4/c1-3-5-7-9-11-13-15-17-19-21-23-25-26-27-29-30-32-34-36-38-40-42-44-46-48-52(57)51(50-56)55-54(59)53(58)49-47-45-43-41-39-37-35-33-31-28-24-22-20-18-16-14-12-10-8-6-4-2/h38,40,46,48,51-53,56-58H,3-37,39,41-45,47,49-50H2,1-2H3,(H,55,59)/b40-38+,48-46+. The summed E-state index contributed by atoms with van der Waals surface area (Å²) < 4.78 is 0. The van der Waals surface area contributed by atoms with Gasteiger partial charge in [0.25, 0.3) is 0 Å². The van der Waals surface area contributed by atoms with Crippen LogP contribution in [-0.4, -0.2) is 46.1 Å². The van der Waals surface area contributed by atoms with E-state index in [9.17, 15) is 20.1 Å². The zero-order chi connectivity index (χ0) is 43.0. The molecule has 0 saturated heterocycles. The van der Waals surface area contributed by atoms with Crippen molar-refractivity contribution in [3.8, 4) is 0 Å². The van der Waals surface area contributed by atoms with Crippen molar-refractivity contribution in [1.29, 1.82) is 0 Å². The summed E-state index contributed by atoms with van der Waals surface area (Å²) in [6.45, 7) is 4.21. The summed E-state index contributed by atoms with van der Waals surface area (Å²) in [6.07, 6.45) is 62.5. The Hall–Kier alpha value is -1.17. The highest BCUT2D eigenvalue weighted by Gasteiger charge is 2.22. The number of carbonyl (C=O) groups is 1. The molecule has 0 aliphatic heterocycles. The number of aliphatic hydroxyl groups is 3. The maximum absolute atomic E-state index is 12.5. The van der Waals surface area contributed by atoms with Gasteiger partial charge in [0.15, 0.2) is 0 Å². The van der Waals surface area contributed by atoms with Crippen LogP contribution in [-0.2, 0) is 4.79 Å². The molecule has 0 aliphatic rings. The van der Waals surface area contributed by atoms with Gasteiger partial charge >= 0.3 is 0 Å². The molecule has 5 nitrogen and oxygen atoms in total. The molecule has 0 aromatic rings. The Kier molecular flexibility index (Phi) is 48.5. The van der Waals surface area contributed by atoms with E-state index in [0.29, 0.717) is 6.42 Å². The molecule has 0 aromatic heterocycles. The van der Waals surface area contributed by atoms with Crippen LogP contribution in [0, 0.1) is 0 Å². The summed E-state index contributed by atoms with van der Waals surface area (Å²) in [6, 6.07) is -0.812. The van der Waals surface area contributed by atoms with Gasteiger partial charge in [-0.3, -0.25) is 4.79 Å². The van der Waals surface area contributed by atoms with E-state index < -0.39 is 24.2 Å². The Morgan fingerprint density at radius 1 is 0.407 bits per heavy atom. The van der Waals surface area contributed by atoms with Crippen molar-refractivity contribution in [1.82, 2.24) is 5.32 Å². The number of hydrogen-bond acceptors (Lipinski definition) is 4. The van der Waals surface area contributed by atoms with E-state index in [2.05, 4.69) is 31.3 Å². The molecule has 0 aromatic carbocycles. The summed E-state index contributed by atoms with van der Waals surface area (Å²) in [5, 5.41) is 33.3. The zero-order valence-electron chi connectivity index (χ0n) is 39.9. The molecule has 4 N–H and O–H groups in total. The fourth-order valence-electron chi connectivity index (χ4n) is 8.38. The van der Waals surface area contributed by atoms with E-state index in [1.54, 1.807) is 6.08 Å². The van der Waals surface area contributed by atoms with Gasteiger partial charge in [0, 0.05) is 0 Å². The molecule has 5 heteroatoms. The van der Waals surface area contributed by atoms with Gasteiger partial charge in [-0.1, -0.05) is 282 Å². The third kappa shape index (κ3) is 44.7. The molecule has 350 valence electrons. The second-order valence-electron chi connectivity index (χ2n) is 18.4. The third-order valence-corrected chi connectivity index (χ3v) is 12.5. The third-order valence-electron chi connectivity index (χ3n) is 12.5. The summed E-state index contributed by atoms with van der Waals surface area (Å²) in [7, 11) is 0. The quantitative estimate of drug-likeness (QED) is 0.0363. The van der Waals surface area contributed by atoms with Crippen molar-refractivity contribution in [2.45, 2.75) is 308 Å². The first kappa shape index (κ1) is 57.8. The lowest BCUT2D eigenvalue weighted by Crippen LogP contribution is -2.48. The van der Waals surface area contributed by atoms with Gasteiger partial charge in [-0.2, -0.15) is 0 Å². The summed E-state index contributed by atoms with van der Waals surface area (Å²) in [5.41, 5.74) is 0. The lowest BCUT2D eigenvalue weighted by molar-refractivity contribution is -0.131. The molecular weight excluding hydrogens is 727 g/mol. The molecule has 0 heterocycles. The number of allylic oxidation sites excluding steroid dienone is 3. The van der Waals surface area contributed by atoms with Crippen molar-refractivity contribution >= 4 is 5.91 Å². The van der Waals surface area contributed by atoms with E-state index in [0.717, 1.165) is 38.5 Å². The summed E-state index contributed by atoms with van der Waals surface area (Å²) in [5.74, 6) is -0.507. The van der Waals surface area contributed by atoms with Gasteiger partial charge < -0.3 is 20.6 Å². The Morgan fingerprint density at radius 3 is 1.03 bits per heavy atom.